The molecule has 0 aromatic carbocycles. The van der Waals surface area contributed by atoms with E-state index in [2.05, 4.69) is 0 Å². The third kappa shape index (κ3) is 29.8. The highest BCUT2D eigenvalue weighted by atomic mass is 16.6. The lowest BCUT2D eigenvalue weighted by Gasteiger charge is -2.08. The monoisotopic (exact) mass is 538 g/mol. The molecule has 0 saturated heterocycles. The van der Waals surface area contributed by atoms with Gasteiger partial charge in [0.15, 0.2) is 0 Å². The number of carbonyl (C=O) groups excluding carboxylic acids is 2. The van der Waals surface area contributed by atoms with Crippen LogP contribution in [0.1, 0.15) is 51.4 Å². The number of aliphatic carboxylic acids is 2. The van der Waals surface area contributed by atoms with Crippen LogP contribution in [0.2, 0.25) is 0 Å². The fourth-order valence-electron chi connectivity index (χ4n) is 2.65. The maximum absolute atomic E-state index is 11.4. The Balaban J connectivity index is 3.19. The van der Waals surface area contributed by atoms with Crippen molar-refractivity contribution in [2.75, 3.05) is 79.3 Å². The van der Waals surface area contributed by atoms with Crippen molar-refractivity contribution in [1.82, 2.24) is 0 Å². The molecule has 0 atom stereocenters. The quantitative estimate of drug-likeness (QED) is 0.108. The van der Waals surface area contributed by atoms with Gasteiger partial charge in [-0.25, -0.2) is 0 Å². The molecule has 0 amide bonds. The fraction of sp³-hybridized carbons (Fsp3) is 0.833. The summed E-state index contributed by atoms with van der Waals surface area (Å²) in [6.45, 7) is 4.01. The first-order valence-corrected chi connectivity index (χ1v) is 12.6. The Kier molecular flexibility index (Phi) is 25.1. The van der Waals surface area contributed by atoms with Gasteiger partial charge < -0.3 is 43.4 Å². The first-order valence-electron chi connectivity index (χ1n) is 12.6. The highest BCUT2D eigenvalue weighted by Gasteiger charge is 2.05. The minimum atomic E-state index is -0.872. The molecule has 0 rings (SSSR count). The van der Waals surface area contributed by atoms with Crippen LogP contribution in [0.25, 0.3) is 0 Å². The zero-order chi connectivity index (χ0) is 27.4. The second-order valence-corrected chi connectivity index (χ2v) is 7.70. The van der Waals surface area contributed by atoms with Gasteiger partial charge in [0.2, 0.25) is 0 Å². The Hall–Kier alpha value is -2.32. The van der Waals surface area contributed by atoms with E-state index in [0.29, 0.717) is 78.5 Å². The van der Waals surface area contributed by atoms with Gasteiger partial charge in [0.25, 0.3) is 0 Å². The zero-order valence-corrected chi connectivity index (χ0v) is 21.5. The number of rotatable bonds is 28. The van der Waals surface area contributed by atoms with E-state index in [9.17, 15) is 19.2 Å². The summed E-state index contributed by atoms with van der Waals surface area (Å²) in [5.74, 6) is -2.46. The van der Waals surface area contributed by atoms with Crippen molar-refractivity contribution in [3.8, 4) is 0 Å². The number of hydrogen-bond acceptors (Lipinski definition) is 11. The van der Waals surface area contributed by atoms with E-state index in [1.807, 2.05) is 0 Å². The van der Waals surface area contributed by atoms with Crippen LogP contribution < -0.4 is 0 Å². The van der Waals surface area contributed by atoms with Gasteiger partial charge in [-0.2, -0.15) is 0 Å². The third-order valence-electron chi connectivity index (χ3n) is 4.51. The van der Waals surface area contributed by atoms with Gasteiger partial charge in [-0.1, -0.05) is 0 Å². The molecule has 0 saturated carbocycles. The summed E-state index contributed by atoms with van der Waals surface area (Å²) >= 11 is 0. The lowest BCUT2D eigenvalue weighted by atomic mass is 10.2. The maximum Gasteiger partial charge on any atom is 0.305 e. The van der Waals surface area contributed by atoms with Gasteiger partial charge in [-0.05, 0) is 25.7 Å². The van der Waals surface area contributed by atoms with Crippen LogP contribution in [0.4, 0.5) is 0 Å². The topological polar surface area (TPSA) is 173 Å². The minimum Gasteiger partial charge on any atom is -0.481 e. The zero-order valence-electron chi connectivity index (χ0n) is 21.5. The molecule has 0 unspecified atom stereocenters. The van der Waals surface area contributed by atoms with Crippen LogP contribution in [0.5, 0.6) is 0 Å². The largest absolute Gasteiger partial charge is 0.481 e. The third-order valence-corrected chi connectivity index (χ3v) is 4.51. The average Bonchev–Trinajstić information content (AvgIpc) is 2.85. The van der Waals surface area contributed by atoms with Crippen LogP contribution in [0.3, 0.4) is 0 Å². The lowest BCUT2D eigenvalue weighted by molar-refractivity contribution is -0.146. The highest BCUT2D eigenvalue weighted by Crippen LogP contribution is 2.02. The molecular weight excluding hydrogens is 496 g/mol. The van der Waals surface area contributed by atoms with Crippen molar-refractivity contribution in [3.05, 3.63) is 0 Å². The van der Waals surface area contributed by atoms with E-state index < -0.39 is 11.9 Å². The molecule has 37 heavy (non-hydrogen) atoms. The Labute approximate surface area is 217 Å². The molecule has 0 fully saturated rings. The second kappa shape index (κ2) is 26.7. The van der Waals surface area contributed by atoms with Crippen LogP contribution in [-0.4, -0.2) is 113 Å². The Morgan fingerprint density at radius 1 is 0.378 bits per heavy atom. The van der Waals surface area contributed by atoms with Crippen molar-refractivity contribution in [2.24, 2.45) is 0 Å². The summed E-state index contributed by atoms with van der Waals surface area (Å²) in [6, 6.07) is 0. The molecular formula is C24H42O13. The van der Waals surface area contributed by atoms with Gasteiger partial charge in [0.05, 0.1) is 66.1 Å². The smallest absolute Gasteiger partial charge is 0.305 e. The van der Waals surface area contributed by atoms with Crippen LogP contribution in [-0.2, 0) is 52.3 Å². The Morgan fingerprint density at radius 2 is 0.622 bits per heavy atom. The fourth-order valence-corrected chi connectivity index (χ4v) is 2.65. The SMILES string of the molecule is O=C(O)CCCCC(=O)OCCOCCOCCOCCOCCOCCOC(=O)CCCCC(=O)O. The molecule has 13 heteroatoms. The highest BCUT2D eigenvalue weighted by molar-refractivity contribution is 5.70. The standard InChI is InChI=1S/C24H42O13/c25-21(26)5-1-3-7-23(29)36-19-17-34-15-13-32-11-9-31-10-12-33-14-16-35-18-20-37-24(30)8-4-2-6-22(27)28/h1-20H2,(H,25,26)(H,27,28). The van der Waals surface area contributed by atoms with Crippen LogP contribution in [0, 0.1) is 0 Å². The van der Waals surface area contributed by atoms with Gasteiger partial charge >= 0.3 is 23.9 Å². The van der Waals surface area contributed by atoms with Crippen LogP contribution in [0.15, 0.2) is 0 Å². The van der Waals surface area contributed by atoms with Crippen molar-refractivity contribution >= 4 is 23.9 Å². The summed E-state index contributed by atoms with van der Waals surface area (Å²) in [5, 5.41) is 17.0. The van der Waals surface area contributed by atoms with E-state index in [4.69, 9.17) is 43.4 Å². The van der Waals surface area contributed by atoms with Crippen LogP contribution >= 0.6 is 0 Å². The molecule has 0 heterocycles. The molecule has 13 nitrogen and oxygen atoms in total. The summed E-state index contributed by atoms with van der Waals surface area (Å²) < 4.78 is 36.6. The number of carbonyl (C=O) groups is 4. The first-order chi connectivity index (χ1) is 17.9. The van der Waals surface area contributed by atoms with E-state index in [1.165, 1.54) is 0 Å². The van der Waals surface area contributed by atoms with Crippen molar-refractivity contribution < 1.29 is 62.5 Å². The van der Waals surface area contributed by atoms with E-state index in [0.717, 1.165) is 0 Å². The van der Waals surface area contributed by atoms with Gasteiger partial charge in [-0.3, -0.25) is 19.2 Å². The molecule has 0 spiro atoms. The van der Waals surface area contributed by atoms with Gasteiger partial charge in [0, 0.05) is 25.7 Å². The summed E-state index contributed by atoms with van der Waals surface area (Å²) in [6.07, 6.45) is 2.39. The number of hydrogen-bond donors (Lipinski definition) is 2. The molecule has 2 N–H and O–H groups in total. The van der Waals surface area contributed by atoms with Gasteiger partial charge in [0.1, 0.15) is 13.2 Å². The molecule has 216 valence electrons. The van der Waals surface area contributed by atoms with Crippen molar-refractivity contribution in [1.29, 1.82) is 0 Å². The molecule has 0 aliphatic carbocycles. The molecule has 0 aliphatic rings. The van der Waals surface area contributed by atoms with Crippen molar-refractivity contribution in [3.63, 3.8) is 0 Å². The van der Waals surface area contributed by atoms with E-state index in [-0.39, 0.29) is 64.0 Å². The number of ether oxygens (including phenoxy) is 7. The predicted octanol–water partition coefficient (Wildman–Crippen LogP) is 1.45. The predicted molar refractivity (Wildman–Crippen MR) is 128 cm³/mol. The molecule has 0 bridgehead atoms. The summed E-state index contributed by atoms with van der Waals surface area (Å²) in [4.78, 5) is 43.6. The first kappa shape index (κ1) is 34.7. The molecule has 0 aliphatic heterocycles. The van der Waals surface area contributed by atoms with E-state index in [1.54, 1.807) is 0 Å². The minimum absolute atomic E-state index is 0.0516. The maximum atomic E-state index is 11.4. The summed E-state index contributed by atoms with van der Waals surface area (Å²) in [5.41, 5.74) is 0. The average molecular weight is 539 g/mol. The second-order valence-electron chi connectivity index (χ2n) is 7.70. The number of esters is 2. The van der Waals surface area contributed by atoms with E-state index >= 15 is 0 Å². The summed E-state index contributed by atoms with van der Waals surface area (Å²) in [7, 11) is 0. The lowest BCUT2D eigenvalue weighted by Crippen LogP contribution is -2.15. The normalized spacial score (nSPS) is 10.8. The van der Waals surface area contributed by atoms with Crippen molar-refractivity contribution in [2.45, 2.75) is 51.4 Å². The molecule has 0 aromatic rings. The molecule has 0 radical (unpaired) electrons. The number of carboxylic acids is 2. The van der Waals surface area contributed by atoms with Gasteiger partial charge in [-0.15, -0.1) is 0 Å². The molecule has 0 aromatic heterocycles. The Bertz CT molecular complexity index is 547. The Morgan fingerprint density at radius 3 is 0.892 bits per heavy atom. The number of unbranched alkanes of at least 4 members (excludes halogenated alkanes) is 2. The number of carboxylic acid groups (broad SMARTS) is 2.